The van der Waals surface area contributed by atoms with Gasteiger partial charge >= 0.3 is 0 Å². The van der Waals surface area contributed by atoms with E-state index in [9.17, 15) is 4.79 Å². The molecule has 1 heterocycles. The molecule has 0 aliphatic heterocycles. The summed E-state index contributed by atoms with van der Waals surface area (Å²) in [5.74, 6) is 0.807. The molecule has 184 valence electrons. The first kappa shape index (κ1) is 27.4. The zero-order chi connectivity index (χ0) is 24.6. The molecule has 2 aromatic rings. The smallest absolute Gasteiger partial charge is 0.223 e. The second-order valence-corrected chi connectivity index (χ2v) is 12.0. The Morgan fingerprint density at radius 1 is 1.15 bits per heavy atom. The SMILES string of the molecule is CCCc1cc(N(CCCN(Cc2csc(C)n2)C(=O)CC(C)(C)C)CC(C)C)ccc1C. The first-order valence-electron chi connectivity index (χ1n) is 12.5. The van der Waals surface area contributed by atoms with Gasteiger partial charge in [-0.2, -0.15) is 0 Å². The van der Waals surface area contributed by atoms with E-state index in [1.165, 1.54) is 16.8 Å². The second-order valence-electron chi connectivity index (χ2n) is 11.0. The molecule has 0 bridgehead atoms. The summed E-state index contributed by atoms with van der Waals surface area (Å²) < 4.78 is 0. The number of amides is 1. The van der Waals surface area contributed by atoms with Crippen molar-refractivity contribution in [3.63, 3.8) is 0 Å². The van der Waals surface area contributed by atoms with Crippen molar-refractivity contribution in [3.8, 4) is 0 Å². The Bertz CT molecular complexity index is 882. The van der Waals surface area contributed by atoms with Crippen molar-refractivity contribution in [2.45, 2.75) is 87.6 Å². The highest BCUT2D eigenvalue weighted by Gasteiger charge is 2.22. The molecule has 0 unspecified atom stereocenters. The Labute approximate surface area is 206 Å². The third-order valence-electron chi connectivity index (χ3n) is 5.71. The largest absolute Gasteiger partial charge is 0.371 e. The number of hydrogen-bond acceptors (Lipinski definition) is 4. The molecule has 0 radical (unpaired) electrons. The number of aromatic nitrogens is 1. The molecule has 1 amide bonds. The number of aryl methyl sites for hydroxylation is 3. The van der Waals surface area contributed by atoms with Crippen molar-refractivity contribution in [2.75, 3.05) is 24.5 Å². The molecule has 0 spiro atoms. The maximum Gasteiger partial charge on any atom is 0.223 e. The van der Waals surface area contributed by atoms with E-state index in [0.29, 0.717) is 18.9 Å². The minimum absolute atomic E-state index is 0.0193. The van der Waals surface area contributed by atoms with Crippen LogP contribution in [0.25, 0.3) is 0 Å². The van der Waals surface area contributed by atoms with E-state index in [1.807, 2.05) is 11.8 Å². The molecule has 0 saturated carbocycles. The Morgan fingerprint density at radius 2 is 1.88 bits per heavy atom. The molecule has 1 aromatic heterocycles. The summed E-state index contributed by atoms with van der Waals surface area (Å²) in [4.78, 5) is 22.3. The molecule has 33 heavy (non-hydrogen) atoms. The first-order chi connectivity index (χ1) is 15.5. The average molecular weight is 472 g/mol. The van der Waals surface area contributed by atoms with Gasteiger partial charge in [-0.05, 0) is 61.3 Å². The molecule has 2 rings (SSSR count). The average Bonchev–Trinajstić information content (AvgIpc) is 3.11. The summed E-state index contributed by atoms with van der Waals surface area (Å²) in [7, 11) is 0. The van der Waals surface area contributed by atoms with E-state index in [0.717, 1.165) is 49.6 Å². The lowest BCUT2D eigenvalue weighted by atomic mass is 9.91. The number of carbonyl (C=O) groups excluding carboxylic acids is 1. The van der Waals surface area contributed by atoms with Crippen LogP contribution in [0.4, 0.5) is 5.69 Å². The van der Waals surface area contributed by atoms with Crippen LogP contribution in [0, 0.1) is 25.2 Å². The van der Waals surface area contributed by atoms with E-state index in [-0.39, 0.29) is 11.3 Å². The van der Waals surface area contributed by atoms with Gasteiger partial charge in [0.05, 0.1) is 17.2 Å². The molecule has 0 aliphatic carbocycles. The lowest BCUT2D eigenvalue weighted by Gasteiger charge is -2.30. The van der Waals surface area contributed by atoms with Gasteiger partial charge in [-0.25, -0.2) is 4.98 Å². The van der Waals surface area contributed by atoms with E-state index < -0.39 is 0 Å². The third kappa shape index (κ3) is 9.48. The van der Waals surface area contributed by atoms with Gasteiger partial charge in [0.1, 0.15) is 0 Å². The fourth-order valence-corrected chi connectivity index (χ4v) is 4.75. The third-order valence-corrected chi connectivity index (χ3v) is 6.53. The molecule has 4 nitrogen and oxygen atoms in total. The molecule has 1 aromatic carbocycles. The van der Waals surface area contributed by atoms with Crippen LogP contribution in [0.2, 0.25) is 0 Å². The standard InChI is InChI=1S/C28H45N3OS/c1-9-11-24-16-26(13-12-22(24)4)30(18-21(2)3)14-10-15-31(27(32)17-28(6,7)8)19-25-20-33-23(5)29-25/h12-13,16,20-21H,9-11,14-15,17-19H2,1-8H3. The number of anilines is 1. The van der Waals surface area contributed by atoms with Gasteiger partial charge in [0.15, 0.2) is 0 Å². The number of thiazole rings is 1. The van der Waals surface area contributed by atoms with Crippen molar-refractivity contribution < 1.29 is 4.79 Å². The number of benzene rings is 1. The maximum atomic E-state index is 13.1. The highest BCUT2D eigenvalue weighted by molar-refractivity contribution is 7.09. The molecular weight excluding hydrogens is 426 g/mol. The maximum absolute atomic E-state index is 13.1. The Morgan fingerprint density at radius 3 is 2.45 bits per heavy atom. The van der Waals surface area contributed by atoms with Crippen LogP contribution in [0.5, 0.6) is 0 Å². The lowest BCUT2D eigenvalue weighted by molar-refractivity contribution is -0.133. The number of hydrogen-bond donors (Lipinski definition) is 0. The first-order valence-corrected chi connectivity index (χ1v) is 13.4. The number of rotatable bonds is 12. The molecule has 0 atom stereocenters. The van der Waals surface area contributed by atoms with Crippen molar-refractivity contribution >= 4 is 22.9 Å². The number of nitrogens with zero attached hydrogens (tertiary/aromatic N) is 3. The Hall–Kier alpha value is -1.88. The fourth-order valence-electron chi connectivity index (χ4n) is 4.15. The minimum Gasteiger partial charge on any atom is -0.371 e. The van der Waals surface area contributed by atoms with Crippen LogP contribution in [0.1, 0.15) is 82.6 Å². The van der Waals surface area contributed by atoms with Crippen LogP contribution in [-0.4, -0.2) is 35.4 Å². The van der Waals surface area contributed by atoms with Crippen molar-refractivity contribution in [3.05, 3.63) is 45.4 Å². The van der Waals surface area contributed by atoms with Crippen LogP contribution < -0.4 is 4.90 Å². The zero-order valence-electron chi connectivity index (χ0n) is 22.2. The lowest BCUT2D eigenvalue weighted by Crippen LogP contribution is -2.36. The summed E-state index contributed by atoms with van der Waals surface area (Å²) in [5.41, 5.74) is 5.11. The van der Waals surface area contributed by atoms with Gasteiger partial charge in [0.25, 0.3) is 0 Å². The zero-order valence-corrected chi connectivity index (χ0v) is 23.0. The van der Waals surface area contributed by atoms with Gasteiger partial charge in [-0.3, -0.25) is 4.79 Å². The summed E-state index contributed by atoms with van der Waals surface area (Å²) in [6, 6.07) is 6.90. The fraction of sp³-hybridized carbons (Fsp3) is 0.643. The normalized spacial score (nSPS) is 11.8. The van der Waals surface area contributed by atoms with Gasteiger partial charge in [0.2, 0.25) is 5.91 Å². The summed E-state index contributed by atoms with van der Waals surface area (Å²) >= 11 is 1.65. The Balaban J connectivity index is 2.12. The van der Waals surface area contributed by atoms with E-state index in [4.69, 9.17) is 0 Å². The Kier molecular flexibility index (Phi) is 10.4. The van der Waals surface area contributed by atoms with Crippen LogP contribution >= 0.6 is 11.3 Å². The predicted octanol–water partition coefficient (Wildman–Crippen LogP) is 7.03. The molecule has 5 heteroatoms. The molecule has 0 fully saturated rings. The monoisotopic (exact) mass is 471 g/mol. The van der Waals surface area contributed by atoms with Crippen molar-refractivity contribution in [1.82, 2.24) is 9.88 Å². The summed E-state index contributed by atoms with van der Waals surface area (Å²) in [6.45, 7) is 20.7. The minimum atomic E-state index is -0.0193. The van der Waals surface area contributed by atoms with Gasteiger partial charge in [0, 0.05) is 37.1 Å². The summed E-state index contributed by atoms with van der Waals surface area (Å²) in [5, 5.41) is 3.14. The second kappa shape index (κ2) is 12.5. The van der Waals surface area contributed by atoms with Crippen LogP contribution in [0.15, 0.2) is 23.6 Å². The predicted molar refractivity (Wildman–Crippen MR) is 143 cm³/mol. The quantitative estimate of drug-likeness (QED) is 0.333. The topological polar surface area (TPSA) is 36.4 Å². The van der Waals surface area contributed by atoms with Gasteiger partial charge < -0.3 is 9.80 Å². The highest BCUT2D eigenvalue weighted by atomic mass is 32.1. The van der Waals surface area contributed by atoms with Crippen molar-refractivity contribution in [2.24, 2.45) is 11.3 Å². The molecule has 0 saturated heterocycles. The van der Waals surface area contributed by atoms with Crippen LogP contribution in [0.3, 0.4) is 0 Å². The van der Waals surface area contributed by atoms with Crippen LogP contribution in [-0.2, 0) is 17.8 Å². The molecule has 0 N–H and O–H groups in total. The summed E-state index contributed by atoms with van der Waals surface area (Å²) in [6.07, 6.45) is 3.79. The van der Waals surface area contributed by atoms with Gasteiger partial charge in [-0.1, -0.05) is 54.0 Å². The van der Waals surface area contributed by atoms with Gasteiger partial charge in [-0.15, -0.1) is 11.3 Å². The molecule has 0 aliphatic rings. The highest BCUT2D eigenvalue weighted by Crippen LogP contribution is 2.24. The molecular formula is C28H45N3OS. The van der Waals surface area contributed by atoms with Crippen molar-refractivity contribution in [1.29, 1.82) is 0 Å². The van der Waals surface area contributed by atoms with E-state index in [1.54, 1.807) is 11.3 Å². The number of carbonyl (C=O) groups is 1. The van der Waals surface area contributed by atoms with E-state index >= 15 is 0 Å². The van der Waals surface area contributed by atoms with E-state index in [2.05, 4.69) is 81.9 Å².